The number of hydrogen-bond donors (Lipinski definition) is 3. The van der Waals surface area contributed by atoms with Crippen LogP contribution in [0.3, 0.4) is 0 Å². The molecule has 4 heteroatoms. The number of nitrogens with one attached hydrogen (secondary N) is 2. The molecule has 4 nitrogen and oxygen atoms in total. The molecule has 0 aliphatic carbocycles. The Morgan fingerprint density at radius 3 is 2.26 bits per heavy atom. The van der Waals surface area contributed by atoms with E-state index in [0.717, 1.165) is 12.0 Å². The molecule has 2 amide bonds. The van der Waals surface area contributed by atoms with Gasteiger partial charge in [-0.1, -0.05) is 60.7 Å². The van der Waals surface area contributed by atoms with Crippen LogP contribution < -0.4 is 10.6 Å². The summed E-state index contributed by atoms with van der Waals surface area (Å²) in [6.45, 7) is 1.23. The maximum Gasteiger partial charge on any atom is 0.314 e. The smallest absolute Gasteiger partial charge is 0.314 e. The van der Waals surface area contributed by atoms with Crippen molar-refractivity contribution in [3.8, 4) is 0 Å². The van der Waals surface area contributed by atoms with E-state index in [9.17, 15) is 9.90 Å². The van der Waals surface area contributed by atoms with Crippen LogP contribution in [0.2, 0.25) is 0 Å². The lowest BCUT2D eigenvalue weighted by Gasteiger charge is -2.17. The van der Waals surface area contributed by atoms with E-state index >= 15 is 0 Å². The van der Waals surface area contributed by atoms with Crippen LogP contribution in [0.25, 0.3) is 0 Å². The summed E-state index contributed by atoms with van der Waals surface area (Å²) in [5.74, 6) is 0.126. The SMILES string of the molecule is O=C(NCCc1ccccc1)NCC(CCO)c1ccccc1. The second kappa shape index (κ2) is 9.64. The lowest BCUT2D eigenvalue weighted by atomic mass is 9.96. The van der Waals surface area contributed by atoms with Gasteiger partial charge in [0.05, 0.1) is 0 Å². The van der Waals surface area contributed by atoms with Crippen molar-refractivity contribution < 1.29 is 9.90 Å². The van der Waals surface area contributed by atoms with Gasteiger partial charge in [-0.25, -0.2) is 4.79 Å². The average Bonchev–Trinajstić information content (AvgIpc) is 2.60. The van der Waals surface area contributed by atoms with Gasteiger partial charge in [0.1, 0.15) is 0 Å². The third-order valence-electron chi connectivity index (χ3n) is 3.80. The number of carbonyl (C=O) groups is 1. The lowest BCUT2D eigenvalue weighted by Crippen LogP contribution is -2.38. The van der Waals surface area contributed by atoms with E-state index in [2.05, 4.69) is 10.6 Å². The highest BCUT2D eigenvalue weighted by Crippen LogP contribution is 2.17. The van der Waals surface area contributed by atoms with Gasteiger partial charge >= 0.3 is 6.03 Å². The molecule has 122 valence electrons. The minimum atomic E-state index is -0.167. The predicted octanol–water partition coefficient (Wildman–Crippen LogP) is 2.69. The van der Waals surface area contributed by atoms with Gasteiger partial charge < -0.3 is 15.7 Å². The fourth-order valence-corrected chi connectivity index (χ4v) is 2.51. The molecule has 0 heterocycles. The number of carbonyl (C=O) groups excluding carboxylic acids is 1. The number of aliphatic hydroxyl groups excluding tert-OH is 1. The standard InChI is InChI=1S/C19H24N2O2/c22-14-12-18(17-9-5-2-6-10-17)15-21-19(23)20-13-11-16-7-3-1-4-8-16/h1-10,18,22H,11-15H2,(H2,20,21,23). The Balaban J connectivity index is 1.73. The third kappa shape index (κ3) is 6.12. The molecule has 0 radical (unpaired) electrons. The Morgan fingerprint density at radius 1 is 0.957 bits per heavy atom. The van der Waals surface area contributed by atoms with Gasteiger partial charge in [0.15, 0.2) is 0 Å². The maximum atomic E-state index is 11.9. The summed E-state index contributed by atoms with van der Waals surface area (Å²) in [5, 5.41) is 15.0. The molecule has 1 atom stereocenters. The van der Waals surface area contributed by atoms with Crippen molar-refractivity contribution in [1.29, 1.82) is 0 Å². The van der Waals surface area contributed by atoms with Crippen LogP contribution in [-0.4, -0.2) is 30.8 Å². The zero-order valence-electron chi connectivity index (χ0n) is 13.2. The van der Waals surface area contributed by atoms with Crippen LogP contribution >= 0.6 is 0 Å². The molecule has 0 aliphatic rings. The van der Waals surface area contributed by atoms with E-state index in [-0.39, 0.29) is 18.6 Å². The number of rotatable bonds is 8. The molecule has 0 saturated heterocycles. The minimum Gasteiger partial charge on any atom is -0.396 e. The van der Waals surface area contributed by atoms with E-state index in [1.807, 2.05) is 60.7 Å². The first kappa shape index (κ1) is 17.0. The molecule has 0 aromatic heterocycles. The van der Waals surface area contributed by atoms with Crippen molar-refractivity contribution in [2.24, 2.45) is 0 Å². The molecule has 2 aromatic carbocycles. The van der Waals surface area contributed by atoms with E-state index in [0.29, 0.717) is 19.5 Å². The number of amides is 2. The molecule has 2 rings (SSSR count). The molecule has 2 aromatic rings. The van der Waals surface area contributed by atoms with Crippen molar-refractivity contribution in [1.82, 2.24) is 10.6 Å². The summed E-state index contributed by atoms with van der Waals surface area (Å²) < 4.78 is 0. The zero-order valence-corrected chi connectivity index (χ0v) is 13.2. The topological polar surface area (TPSA) is 61.4 Å². The van der Waals surface area contributed by atoms with Crippen LogP contribution in [0.4, 0.5) is 4.79 Å². The highest BCUT2D eigenvalue weighted by atomic mass is 16.3. The van der Waals surface area contributed by atoms with Crippen LogP contribution in [0, 0.1) is 0 Å². The normalized spacial score (nSPS) is 11.7. The van der Waals surface area contributed by atoms with Gasteiger partial charge in [0, 0.05) is 25.6 Å². The first-order valence-electron chi connectivity index (χ1n) is 8.01. The number of urea groups is 1. The van der Waals surface area contributed by atoms with Gasteiger partial charge in [0.2, 0.25) is 0 Å². The van der Waals surface area contributed by atoms with Gasteiger partial charge in [-0.2, -0.15) is 0 Å². The predicted molar refractivity (Wildman–Crippen MR) is 92.4 cm³/mol. The van der Waals surface area contributed by atoms with Gasteiger partial charge in [-0.05, 0) is 24.0 Å². The minimum absolute atomic E-state index is 0.108. The van der Waals surface area contributed by atoms with Gasteiger partial charge in [0.25, 0.3) is 0 Å². The Morgan fingerprint density at radius 2 is 1.61 bits per heavy atom. The first-order valence-corrected chi connectivity index (χ1v) is 8.01. The second-order valence-electron chi connectivity index (χ2n) is 5.49. The Bertz CT molecular complexity index is 572. The largest absolute Gasteiger partial charge is 0.396 e. The fourth-order valence-electron chi connectivity index (χ4n) is 2.51. The average molecular weight is 312 g/mol. The summed E-state index contributed by atoms with van der Waals surface area (Å²) in [7, 11) is 0. The summed E-state index contributed by atoms with van der Waals surface area (Å²) in [6, 6.07) is 19.9. The van der Waals surface area contributed by atoms with Crippen LogP contribution in [0.1, 0.15) is 23.5 Å². The number of aliphatic hydroxyl groups is 1. The molecule has 0 aliphatic heterocycles. The number of hydrogen-bond acceptors (Lipinski definition) is 2. The molecular formula is C19H24N2O2. The van der Waals surface area contributed by atoms with Crippen molar-refractivity contribution in [2.45, 2.75) is 18.8 Å². The molecule has 23 heavy (non-hydrogen) atoms. The van der Waals surface area contributed by atoms with Crippen LogP contribution in [0.5, 0.6) is 0 Å². The molecule has 3 N–H and O–H groups in total. The molecule has 0 bridgehead atoms. The third-order valence-corrected chi connectivity index (χ3v) is 3.80. The van der Waals surface area contributed by atoms with Crippen LogP contribution in [0.15, 0.2) is 60.7 Å². The summed E-state index contributed by atoms with van der Waals surface area (Å²) in [5.41, 5.74) is 2.33. The van der Waals surface area contributed by atoms with Crippen molar-refractivity contribution in [2.75, 3.05) is 19.7 Å². The number of benzene rings is 2. The summed E-state index contributed by atoms with van der Waals surface area (Å²) in [4.78, 5) is 11.9. The molecule has 0 saturated carbocycles. The maximum absolute atomic E-state index is 11.9. The Kier molecular flexibility index (Phi) is 7.14. The van der Waals surface area contributed by atoms with Crippen molar-refractivity contribution >= 4 is 6.03 Å². The highest BCUT2D eigenvalue weighted by Gasteiger charge is 2.12. The van der Waals surface area contributed by atoms with Crippen LogP contribution in [-0.2, 0) is 6.42 Å². The Labute approximate surface area is 137 Å². The fraction of sp³-hybridized carbons (Fsp3) is 0.316. The summed E-state index contributed by atoms with van der Waals surface area (Å²) >= 11 is 0. The van der Waals surface area contributed by atoms with E-state index in [1.54, 1.807) is 0 Å². The molecule has 0 spiro atoms. The van der Waals surface area contributed by atoms with Crippen molar-refractivity contribution in [3.05, 3.63) is 71.8 Å². The van der Waals surface area contributed by atoms with Gasteiger partial charge in [-0.15, -0.1) is 0 Å². The molecule has 1 unspecified atom stereocenters. The monoisotopic (exact) mass is 312 g/mol. The van der Waals surface area contributed by atoms with E-state index < -0.39 is 0 Å². The Hall–Kier alpha value is -2.33. The first-order chi connectivity index (χ1) is 11.3. The second-order valence-corrected chi connectivity index (χ2v) is 5.49. The molecular weight excluding hydrogens is 288 g/mol. The lowest BCUT2D eigenvalue weighted by molar-refractivity contribution is 0.237. The van der Waals surface area contributed by atoms with Crippen molar-refractivity contribution in [3.63, 3.8) is 0 Å². The summed E-state index contributed by atoms with van der Waals surface area (Å²) in [6.07, 6.45) is 1.45. The zero-order chi connectivity index (χ0) is 16.3. The quantitative estimate of drug-likeness (QED) is 0.702. The highest BCUT2D eigenvalue weighted by molar-refractivity contribution is 5.73. The van der Waals surface area contributed by atoms with E-state index in [1.165, 1.54) is 5.56 Å². The van der Waals surface area contributed by atoms with Gasteiger partial charge in [-0.3, -0.25) is 0 Å². The van der Waals surface area contributed by atoms with E-state index in [4.69, 9.17) is 0 Å². The molecule has 0 fully saturated rings.